The summed E-state index contributed by atoms with van der Waals surface area (Å²) in [5.74, 6) is -0.339. The summed E-state index contributed by atoms with van der Waals surface area (Å²) in [5.41, 5.74) is 1.56. The number of rotatable bonds is 4. The Bertz CT molecular complexity index is 845. The summed E-state index contributed by atoms with van der Waals surface area (Å²) < 4.78 is 0. The standard InChI is InChI=1S/C18H15ClN4O2/c19-14-5-7-15(8-6-14)23-10-9-22(18(23)25)12-17(24)21-16-4-2-1-3-13(16)11-20/h1-8H,9-10,12H2,(H,21,24). The molecule has 1 N–H and O–H groups in total. The minimum atomic E-state index is -0.339. The first-order valence-corrected chi connectivity index (χ1v) is 8.07. The van der Waals surface area contributed by atoms with Crippen molar-refractivity contribution in [2.45, 2.75) is 0 Å². The second-order valence-corrected chi connectivity index (χ2v) is 5.97. The van der Waals surface area contributed by atoms with Crippen molar-refractivity contribution >= 4 is 34.9 Å². The molecule has 1 fully saturated rings. The Labute approximate surface area is 150 Å². The molecule has 7 heteroatoms. The summed E-state index contributed by atoms with van der Waals surface area (Å²) in [6.07, 6.45) is 0. The molecule has 1 saturated heterocycles. The average molecular weight is 355 g/mol. The fraction of sp³-hybridized carbons (Fsp3) is 0.167. The van der Waals surface area contributed by atoms with Crippen LogP contribution in [0, 0.1) is 11.3 Å². The first kappa shape index (κ1) is 16.8. The molecule has 1 heterocycles. The Morgan fingerprint density at radius 1 is 1.16 bits per heavy atom. The zero-order chi connectivity index (χ0) is 17.8. The van der Waals surface area contributed by atoms with Crippen LogP contribution in [0.3, 0.4) is 0 Å². The van der Waals surface area contributed by atoms with Gasteiger partial charge in [0.2, 0.25) is 5.91 Å². The average Bonchev–Trinajstić information content (AvgIpc) is 2.97. The molecule has 0 aromatic heterocycles. The highest BCUT2D eigenvalue weighted by Gasteiger charge is 2.30. The van der Waals surface area contributed by atoms with Crippen molar-refractivity contribution in [1.29, 1.82) is 5.26 Å². The van der Waals surface area contributed by atoms with E-state index < -0.39 is 0 Å². The van der Waals surface area contributed by atoms with Gasteiger partial charge in [0.1, 0.15) is 12.6 Å². The number of halogens is 1. The van der Waals surface area contributed by atoms with E-state index in [1.54, 1.807) is 53.4 Å². The number of urea groups is 1. The number of amides is 3. The lowest BCUT2D eigenvalue weighted by atomic mass is 10.2. The van der Waals surface area contributed by atoms with Gasteiger partial charge in [-0.05, 0) is 36.4 Å². The van der Waals surface area contributed by atoms with Crippen molar-refractivity contribution < 1.29 is 9.59 Å². The van der Waals surface area contributed by atoms with E-state index >= 15 is 0 Å². The van der Waals surface area contributed by atoms with E-state index in [0.717, 1.165) is 5.69 Å². The van der Waals surface area contributed by atoms with Crippen LogP contribution in [0.4, 0.5) is 16.2 Å². The minimum Gasteiger partial charge on any atom is -0.323 e. The van der Waals surface area contributed by atoms with E-state index in [4.69, 9.17) is 16.9 Å². The Balaban J connectivity index is 1.64. The number of nitrogens with one attached hydrogen (secondary N) is 1. The second-order valence-electron chi connectivity index (χ2n) is 5.54. The molecule has 3 rings (SSSR count). The molecule has 3 amide bonds. The number of carbonyl (C=O) groups is 2. The van der Waals surface area contributed by atoms with Crippen LogP contribution in [0.5, 0.6) is 0 Å². The van der Waals surface area contributed by atoms with E-state index in [1.165, 1.54) is 4.90 Å². The summed E-state index contributed by atoms with van der Waals surface area (Å²) >= 11 is 5.86. The topological polar surface area (TPSA) is 76.4 Å². The summed E-state index contributed by atoms with van der Waals surface area (Å²) in [6, 6.07) is 15.5. The van der Waals surface area contributed by atoms with Crippen LogP contribution in [0.25, 0.3) is 0 Å². The lowest BCUT2D eigenvalue weighted by Crippen LogP contribution is -2.37. The highest BCUT2D eigenvalue weighted by Crippen LogP contribution is 2.22. The molecule has 0 spiro atoms. The van der Waals surface area contributed by atoms with Crippen molar-refractivity contribution in [1.82, 2.24) is 4.90 Å². The predicted octanol–water partition coefficient (Wildman–Crippen LogP) is 3.09. The fourth-order valence-corrected chi connectivity index (χ4v) is 2.77. The maximum atomic E-state index is 12.5. The summed E-state index contributed by atoms with van der Waals surface area (Å²) in [5, 5.41) is 12.3. The van der Waals surface area contributed by atoms with Gasteiger partial charge < -0.3 is 10.2 Å². The van der Waals surface area contributed by atoms with Gasteiger partial charge in [-0.15, -0.1) is 0 Å². The van der Waals surface area contributed by atoms with Gasteiger partial charge >= 0.3 is 6.03 Å². The lowest BCUT2D eigenvalue weighted by Gasteiger charge is -2.18. The quantitative estimate of drug-likeness (QED) is 0.916. The Morgan fingerprint density at radius 3 is 2.60 bits per heavy atom. The number of carbonyl (C=O) groups excluding carboxylic acids is 2. The lowest BCUT2D eigenvalue weighted by molar-refractivity contribution is -0.116. The third-order valence-electron chi connectivity index (χ3n) is 3.89. The number of benzene rings is 2. The van der Waals surface area contributed by atoms with Crippen LogP contribution in [-0.2, 0) is 4.79 Å². The van der Waals surface area contributed by atoms with Crippen LogP contribution in [-0.4, -0.2) is 36.5 Å². The molecule has 2 aromatic rings. The van der Waals surface area contributed by atoms with Gasteiger partial charge in [-0.25, -0.2) is 4.79 Å². The van der Waals surface area contributed by atoms with Gasteiger partial charge in [-0.1, -0.05) is 23.7 Å². The number of nitrogens with zero attached hydrogens (tertiary/aromatic N) is 3. The zero-order valence-corrected chi connectivity index (χ0v) is 14.0. The number of anilines is 2. The molecule has 1 aliphatic heterocycles. The van der Waals surface area contributed by atoms with E-state index in [2.05, 4.69) is 5.32 Å². The van der Waals surface area contributed by atoms with Crippen LogP contribution >= 0.6 is 11.6 Å². The van der Waals surface area contributed by atoms with Crippen molar-refractivity contribution in [3.63, 3.8) is 0 Å². The molecule has 0 unspecified atom stereocenters. The molecule has 2 aromatic carbocycles. The largest absolute Gasteiger partial charge is 0.325 e. The molecule has 0 atom stereocenters. The zero-order valence-electron chi connectivity index (χ0n) is 13.3. The number of hydrogen-bond donors (Lipinski definition) is 1. The smallest absolute Gasteiger partial charge is 0.323 e. The Hall–Kier alpha value is -3.04. The molecule has 126 valence electrons. The van der Waals surface area contributed by atoms with Gasteiger partial charge in [0.15, 0.2) is 0 Å². The third kappa shape index (κ3) is 3.73. The van der Waals surface area contributed by atoms with Gasteiger partial charge in [0.05, 0.1) is 11.3 Å². The number of hydrogen-bond acceptors (Lipinski definition) is 3. The van der Waals surface area contributed by atoms with Gasteiger partial charge in [0, 0.05) is 23.8 Å². The van der Waals surface area contributed by atoms with Gasteiger partial charge in [0.25, 0.3) is 0 Å². The molecule has 25 heavy (non-hydrogen) atoms. The highest BCUT2D eigenvalue weighted by molar-refractivity contribution is 6.30. The summed E-state index contributed by atoms with van der Waals surface area (Å²) in [4.78, 5) is 27.8. The Morgan fingerprint density at radius 2 is 1.88 bits per heavy atom. The van der Waals surface area contributed by atoms with Crippen molar-refractivity contribution in [3.05, 3.63) is 59.1 Å². The first-order chi connectivity index (χ1) is 12.1. The van der Waals surface area contributed by atoms with Crippen LogP contribution in [0.2, 0.25) is 5.02 Å². The number of nitriles is 1. The highest BCUT2D eigenvalue weighted by atomic mass is 35.5. The molecule has 0 saturated carbocycles. The molecular formula is C18H15ClN4O2. The van der Waals surface area contributed by atoms with Gasteiger partial charge in [-0.3, -0.25) is 9.69 Å². The van der Waals surface area contributed by atoms with E-state index in [9.17, 15) is 9.59 Å². The third-order valence-corrected chi connectivity index (χ3v) is 4.14. The Kier molecular flexibility index (Phi) is 4.87. The summed E-state index contributed by atoms with van der Waals surface area (Å²) in [7, 11) is 0. The normalized spacial score (nSPS) is 13.7. The van der Waals surface area contributed by atoms with Crippen LogP contribution in [0.1, 0.15) is 5.56 Å². The first-order valence-electron chi connectivity index (χ1n) is 7.69. The minimum absolute atomic E-state index is 0.0668. The van der Waals surface area contributed by atoms with Crippen LogP contribution in [0.15, 0.2) is 48.5 Å². The molecule has 6 nitrogen and oxygen atoms in total. The monoisotopic (exact) mass is 354 g/mol. The maximum Gasteiger partial charge on any atom is 0.325 e. The molecular weight excluding hydrogens is 340 g/mol. The van der Waals surface area contributed by atoms with Crippen molar-refractivity contribution in [2.75, 3.05) is 29.9 Å². The predicted molar refractivity (Wildman–Crippen MR) is 95.6 cm³/mol. The van der Waals surface area contributed by atoms with Gasteiger partial charge in [-0.2, -0.15) is 5.26 Å². The molecule has 0 bridgehead atoms. The molecule has 0 aliphatic carbocycles. The molecule has 0 radical (unpaired) electrons. The maximum absolute atomic E-state index is 12.5. The van der Waals surface area contributed by atoms with E-state index in [-0.39, 0.29) is 18.5 Å². The number of para-hydroxylation sites is 1. The van der Waals surface area contributed by atoms with E-state index in [0.29, 0.717) is 29.4 Å². The van der Waals surface area contributed by atoms with Crippen molar-refractivity contribution in [3.8, 4) is 6.07 Å². The molecule has 1 aliphatic rings. The fourth-order valence-electron chi connectivity index (χ4n) is 2.64. The SMILES string of the molecule is N#Cc1ccccc1NC(=O)CN1CCN(c2ccc(Cl)cc2)C1=O. The second kappa shape index (κ2) is 7.24. The summed E-state index contributed by atoms with van der Waals surface area (Å²) in [6.45, 7) is 0.889. The van der Waals surface area contributed by atoms with Crippen molar-refractivity contribution in [2.24, 2.45) is 0 Å². The van der Waals surface area contributed by atoms with E-state index in [1.807, 2.05) is 6.07 Å². The van der Waals surface area contributed by atoms with Crippen LogP contribution < -0.4 is 10.2 Å².